The second kappa shape index (κ2) is 23.2. The highest BCUT2D eigenvalue weighted by Crippen LogP contribution is 2.44. The van der Waals surface area contributed by atoms with Gasteiger partial charge >= 0.3 is 30.0 Å². The van der Waals surface area contributed by atoms with Gasteiger partial charge in [-0.25, -0.2) is 19.2 Å². The fraction of sp³-hybridized carbons (Fsp3) is 0.520. The molecule has 0 unspecified atom stereocenters. The van der Waals surface area contributed by atoms with E-state index in [9.17, 15) is 28.8 Å². The number of unbranched alkanes of at least 4 members (excludes halogenated alkanes) is 1. The van der Waals surface area contributed by atoms with Crippen LogP contribution in [0.15, 0.2) is 66.7 Å². The maximum atomic E-state index is 13.8. The van der Waals surface area contributed by atoms with E-state index in [1.165, 1.54) is 14.2 Å². The number of amides is 4. The zero-order valence-corrected chi connectivity index (χ0v) is 40.2. The molecule has 1 aliphatic rings. The maximum absolute atomic E-state index is 13.8. The van der Waals surface area contributed by atoms with Crippen LogP contribution in [0, 0.1) is 0 Å². The first kappa shape index (κ1) is 52.3. The van der Waals surface area contributed by atoms with Crippen molar-refractivity contribution in [3.63, 3.8) is 0 Å². The second-order valence-corrected chi connectivity index (χ2v) is 19.1. The summed E-state index contributed by atoms with van der Waals surface area (Å²) in [5.74, 6) is -1.71. The highest BCUT2D eigenvalue weighted by atomic mass is 16.6. The molecular weight excluding hydrogens is 849 g/mol. The Morgan fingerprint density at radius 1 is 0.606 bits per heavy atom. The summed E-state index contributed by atoms with van der Waals surface area (Å²) < 4.78 is 33.1. The SMILES string of the molecule is COc1ccc(C[C@H](NC(=O)OCC2c3ccccc3-c3ccccc32)C(=O)NCCCC[C@H](NC(=O)N[C@@H](CCC(=O)OC(C)(C)C)C(=O)OC(C)(C)C)C(=O)OC(C)(C)C)cc1OC. The van der Waals surface area contributed by atoms with Gasteiger partial charge in [0, 0.05) is 25.3 Å². The van der Waals surface area contributed by atoms with Crippen LogP contribution in [0.4, 0.5) is 9.59 Å². The van der Waals surface area contributed by atoms with E-state index >= 15 is 0 Å². The minimum atomic E-state index is -1.24. The Bertz CT molecular complexity index is 2130. The van der Waals surface area contributed by atoms with Gasteiger partial charge in [0.25, 0.3) is 0 Å². The molecule has 16 heteroatoms. The van der Waals surface area contributed by atoms with Crippen LogP contribution >= 0.6 is 0 Å². The predicted octanol–water partition coefficient (Wildman–Crippen LogP) is 7.28. The Morgan fingerprint density at radius 3 is 1.67 bits per heavy atom. The van der Waals surface area contributed by atoms with Gasteiger partial charge in [-0.15, -0.1) is 0 Å². The van der Waals surface area contributed by atoms with E-state index < -0.39 is 70.9 Å². The molecule has 360 valence electrons. The first-order valence-corrected chi connectivity index (χ1v) is 22.3. The van der Waals surface area contributed by atoms with E-state index in [-0.39, 0.29) is 44.8 Å². The Balaban J connectivity index is 1.41. The number of rotatable bonds is 20. The summed E-state index contributed by atoms with van der Waals surface area (Å²) in [6.45, 7) is 15.5. The quantitative estimate of drug-likeness (QED) is 0.0502. The van der Waals surface area contributed by atoms with Crippen LogP contribution in [-0.4, -0.2) is 98.2 Å². The van der Waals surface area contributed by atoms with Gasteiger partial charge in [-0.05, 0) is 128 Å². The molecule has 0 saturated heterocycles. The second-order valence-electron chi connectivity index (χ2n) is 19.1. The van der Waals surface area contributed by atoms with Crippen molar-refractivity contribution in [2.75, 3.05) is 27.4 Å². The first-order valence-electron chi connectivity index (χ1n) is 22.3. The standard InChI is InChI=1S/C50H68N4O12/c1-48(2,3)64-42(55)26-24-38(45(58)66-50(7,8)9)53-46(59)52-37(44(57)65-49(4,5)6)22-16-17-27-51-43(56)39(28-31-23-25-40(61-10)41(29-31)62-11)54-47(60)63-30-36-34-20-14-12-18-32(34)33-19-13-15-21-35(33)36/h12-15,18-21,23,25,29,36-39H,16-17,22,24,26-28,30H2,1-11H3,(H,51,56)(H,54,60)(H2,52,53,59)/t37-,38-,39-/m0/s1. The number of hydrogen-bond donors (Lipinski definition) is 4. The van der Waals surface area contributed by atoms with Crippen molar-refractivity contribution in [1.29, 1.82) is 0 Å². The van der Waals surface area contributed by atoms with Gasteiger partial charge in [-0.3, -0.25) is 9.59 Å². The third-order valence-corrected chi connectivity index (χ3v) is 10.1. The van der Waals surface area contributed by atoms with Crippen molar-refractivity contribution in [3.05, 3.63) is 83.4 Å². The topological polar surface area (TPSA) is 206 Å². The van der Waals surface area contributed by atoms with E-state index in [0.29, 0.717) is 29.9 Å². The summed E-state index contributed by atoms with van der Waals surface area (Å²) >= 11 is 0. The van der Waals surface area contributed by atoms with Gasteiger partial charge in [0.1, 0.15) is 41.5 Å². The molecule has 4 amide bonds. The number of nitrogens with one attached hydrogen (secondary N) is 4. The summed E-state index contributed by atoms with van der Waals surface area (Å²) in [6.07, 6.45) is -0.132. The smallest absolute Gasteiger partial charge is 0.407 e. The zero-order valence-electron chi connectivity index (χ0n) is 40.2. The lowest BCUT2D eigenvalue weighted by molar-refractivity contribution is -0.159. The van der Waals surface area contributed by atoms with Crippen molar-refractivity contribution in [2.24, 2.45) is 0 Å². The molecule has 66 heavy (non-hydrogen) atoms. The molecule has 1 aliphatic carbocycles. The average molecular weight is 917 g/mol. The number of benzene rings is 3. The van der Waals surface area contributed by atoms with E-state index in [2.05, 4.69) is 21.3 Å². The summed E-state index contributed by atoms with van der Waals surface area (Å²) in [4.78, 5) is 79.7. The van der Waals surface area contributed by atoms with Crippen LogP contribution < -0.4 is 30.7 Å². The minimum absolute atomic E-state index is 0.0587. The van der Waals surface area contributed by atoms with Gasteiger partial charge in [0.05, 0.1) is 14.2 Å². The van der Waals surface area contributed by atoms with Gasteiger partial charge in [-0.2, -0.15) is 0 Å². The number of methoxy groups -OCH3 is 2. The van der Waals surface area contributed by atoms with Gasteiger partial charge in [0.2, 0.25) is 5.91 Å². The predicted molar refractivity (Wildman–Crippen MR) is 248 cm³/mol. The number of hydrogen-bond acceptors (Lipinski definition) is 12. The van der Waals surface area contributed by atoms with E-state index in [1.807, 2.05) is 48.5 Å². The number of urea groups is 1. The van der Waals surface area contributed by atoms with Gasteiger partial charge in [-0.1, -0.05) is 54.6 Å². The number of ether oxygens (including phenoxy) is 6. The van der Waals surface area contributed by atoms with Crippen molar-refractivity contribution in [2.45, 2.75) is 142 Å². The van der Waals surface area contributed by atoms with Crippen LogP contribution in [0.1, 0.15) is 117 Å². The summed E-state index contributed by atoms with van der Waals surface area (Å²) in [7, 11) is 3.03. The van der Waals surface area contributed by atoms with Crippen LogP contribution in [0.2, 0.25) is 0 Å². The average Bonchev–Trinajstić information content (AvgIpc) is 3.54. The van der Waals surface area contributed by atoms with E-state index in [4.69, 9.17) is 28.4 Å². The fourth-order valence-corrected chi connectivity index (χ4v) is 7.30. The molecule has 3 atom stereocenters. The van der Waals surface area contributed by atoms with Crippen molar-refractivity contribution >= 4 is 35.9 Å². The van der Waals surface area contributed by atoms with E-state index in [1.54, 1.807) is 80.5 Å². The molecule has 0 radical (unpaired) electrons. The largest absolute Gasteiger partial charge is 0.493 e. The fourth-order valence-electron chi connectivity index (χ4n) is 7.30. The molecule has 3 aromatic rings. The number of carbonyl (C=O) groups is 6. The molecule has 0 bridgehead atoms. The Morgan fingerprint density at radius 2 is 1.14 bits per heavy atom. The molecule has 3 aromatic carbocycles. The van der Waals surface area contributed by atoms with Gasteiger partial charge in [0.15, 0.2) is 11.5 Å². The lowest BCUT2D eigenvalue weighted by Crippen LogP contribution is -2.53. The van der Waals surface area contributed by atoms with Crippen molar-refractivity contribution in [3.8, 4) is 22.6 Å². The van der Waals surface area contributed by atoms with Crippen LogP contribution in [0.3, 0.4) is 0 Å². The first-order chi connectivity index (χ1) is 31.0. The minimum Gasteiger partial charge on any atom is -0.493 e. The summed E-state index contributed by atoms with van der Waals surface area (Å²) in [5, 5.41) is 10.8. The molecule has 0 aliphatic heterocycles. The Kier molecular flexibility index (Phi) is 18.4. The molecule has 0 fully saturated rings. The summed E-state index contributed by atoms with van der Waals surface area (Å²) in [6, 6.07) is 16.9. The molecule has 16 nitrogen and oxygen atoms in total. The molecule has 0 saturated carbocycles. The van der Waals surface area contributed by atoms with Crippen molar-refractivity contribution in [1.82, 2.24) is 21.3 Å². The molecular formula is C50H68N4O12. The van der Waals surface area contributed by atoms with Crippen LogP contribution in [0.25, 0.3) is 11.1 Å². The highest BCUT2D eigenvalue weighted by Gasteiger charge is 2.33. The molecule has 0 spiro atoms. The molecule has 0 aromatic heterocycles. The third-order valence-electron chi connectivity index (χ3n) is 10.1. The molecule has 4 N–H and O–H groups in total. The molecule has 4 rings (SSSR count). The third kappa shape index (κ3) is 16.6. The van der Waals surface area contributed by atoms with Gasteiger partial charge < -0.3 is 49.7 Å². The monoisotopic (exact) mass is 916 g/mol. The Hall–Kier alpha value is -6.32. The normalized spacial score (nSPS) is 13.7. The van der Waals surface area contributed by atoms with E-state index in [0.717, 1.165) is 22.3 Å². The highest BCUT2D eigenvalue weighted by molar-refractivity contribution is 5.88. The van der Waals surface area contributed by atoms with Crippen LogP contribution in [-0.2, 0) is 44.5 Å². The maximum Gasteiger partial charge on any atom is 0.407 e. The lowest BCUT2D eigenvalue weighted by atomic mass is 9.98. The number of carbonyl (C=O) groups excluding carboxylic acids is 6. The number of alkyl carbamates (subject to hydrolysis) is 1. The van der Waals surface area contributed by atoms with Crippen molar-refractivity contribution < 1.29 is 57.2 Å². The number of fused-ring (bicyclic) bond motifs is 3. The summed E-state index contributed by atoms with van der Waals surface area (Å²) in [5.41, 5.74) is 2.46. The Labute approximate surface area is 388 Å². The number of esters is 3. The zero-order chi connectivity index (χ0) is 48.8. The van der Waals surface area contributed by atoms with Crippen LogP contribution in [0.5, 0.6) is 11.5 Å². The lowest BCUT2D eigenvalue weighted by Gasteiger charge is -2.27. The molecule has 0 heterocycles.